The molecule has 0 saturated carbocycles. The van der Waals surface area contributed by atoms with Crippen molar-refractivity contribution in [2.75, 3.05) is 18.6 Å². The Labute approximate surface area is 108 Å². The number of thioether (sulfide) groups is 1. The van der Waals surface area contributed by atoms with Crippen molar-refractivity contribution in [1.29, 1.82) is 0 Å². The fraction of sp³-hybridized carbons (Fsp3) is 0.636. The molecule has 0 amide bonds. The van der Waals surface area contributed by atoms with Gasteiger partial charge in [0.25, 0.3) is 0 Å². The van der Waals surface area contributed by atoms with Gasteiger partial charge in [0.2, 0.25) is 0 Å². The van der Waals surface area contributed by atoms with Gasteiger partial charge in [-0.05, 0) is 53.1 Å². The van der Waals surface area contributed by atoms with E-state index in [-0.39, 0.29) is 0 Å². The summed E-state index contributed by atoms with van der Waals surface area (Å²) in [5.74, 6) is 1.21. The van der Waals surface area contributed by atoms with Crippen molar-refractivity contribution >= 4 is 39.0 Å². The summed E-state index contributed by atoms with van der Waals surface area (Å²) in [5.41, 5.74) is 1.54. The Morgan fingerprint density at radius 2 is 2.53 bits per heavy atom. The van der Waals surface area contributed by atoms with Crippen LogP contribution in [-0.4, -0.2) is 18.6 Å². The first-order chi connectivity index (χ1) is 7.31. The lowest BCUT2D eigenvalue weighted by atomic mass is 9.94. The van der Waals surface area contributed by atoms with E-state index in [0.29, 0.717) is 6.04 Å². The summed E-state index contributed by atoms with van der Waals surface area (Å²) < 4.78 is 1.28. The molecule has 0 aromatic carbocycles. The van der Waals surface area contributed by atoms with Crippen molar-refractivity contribution < 1.29 is 0 Å². The summed E-state index contributed by atoms with van der Waals surface area (Å²) in [6.45, 7) is 1.12. The van der Waals surface area contributed by atoms with E-state index >= 15 is 0 Å². The standard InChI is InChI=1S/C11H16BrNS2/c1-14-6-5-13-9-3-2-4-10-8(9)7-11(12)15-10/h7,9,13H,2-6H2,1H3. The summed E-state index contributed by atoms with van der Waals surface area (Å²) in [4.78, 5) is 1.58. The van der Waals surface area contributed by atoms with Crippen LogP contribution in [0.1, 0.15) is 29.3 Å². The highest BCUT2D eigenvalue weighted by molar-refractivity contribution is 9.11. The molecule has 0 spiro atoms. The Morgan fingerprint density at radius 3 is 3.33 bits per heavy atom. The smallest absolute Gasteiger partial charge is 0.0704 e. The first-order valence-electron chi connectivity index (χ1n) is 5.31. The minimum Gasteiger partial charge on any atom is -0.309 e. The molecule has 1 atom stereocenters. The SMILES string of the molecule is CSCCNC1CCCc2sc(Br)cc21. The van der Waals surface area contributed by atoms with Gasteiger partial charge in [-0.25, -0.2) is 0 Å². The molecule has 1 N–H and O–H groups in total. The lowest BCUT2D eigenvalue weighted by molar-refractivity contribution is 0.477. The monoisotopic (exact) mass is 305 g/mol. The zero-order valence-electron chi connectivity index (χ0n) is 8.88. The maximum Gasteiger partial charge on any atom is 0.0704 e. The van der Waals surface area contributed by atoms with E-state index in [1.54, 1.807) is 10.4 Å². The van der Waals surface area contributed by atoms with E-state index in [1.165, 1.54) is 28.8 Å². The lowest BCUT2D eigenvalue weighted by Gasteiger charge is -2.23. The van der Waals surface area contributed by atoms with Crippen molar-refractivity contribution in [3.8, 4) is 0 Å². The molecular weight excluding hydrogens is 290 g/mol. The second-order valence-corrected chi connectivity index (χ2v) is 7.32. The van der Waals surface area contributed by atoms with Crippen molar-refractivity contribution in [3.63, 3.8) is 0 Å². The number of thiophene rings is 1. The predicted octanol–water partition coefficient (Wildman–Crippen LogP) is 3.84. The highest BCUT2D eigenvalue weighted by Gasteiger charge is 2.21. The molecule has 1 nitrogen and oxygen atoms in total. The topological polar surface area (TPSA) is 12.0 Å². The van der Waals surface area contributed by atoms with Crippen LogP contribution < -0.4 is 5.32 Å². The summed E-state index contributed by atoms with van der Waals surface area (Å²) in [7, 11) is 0. The second-order valence-electron chi connectivity index (χ2n) is 3.82. The maximum atomic E-state index is 3.66. The third-order valence-electron chi connectivity index (χ3n) is 2.78. The molecule has 4 heteroatoms. The first kappa shape index (κ1) is 12.0. The molecule has 84 valence electrons. The maximum absolute atomic E-state index is 3.66. The Hall–Kier alpha value is 0.490. The number of hydrogen-bond acceptors (Lipinski definition) is 3. The van der Waals surface area contributed by atoms with Gasteiger partial charge in [-0.1, -0.05) is 0 Å². The van der Waals surface area contributed by atoms with Crippen LogP contribution in [0, 0.1) is 0 Å². The zero-order chi connectivity index (χ0) is 10.7. The van der Waals surface area contributed by atoms with Gasteiger partial charge in [0.05, 0.1) is 3.79 Å². The first-order valence-corrected chi connectivity index (χ1v) is 8.32. The highest BCUT2D eigenvalue weighted by Crippen LogP contribution is 2.37. The van der Waals surface area contributed by atoms with Gasteiger partial charge in [-0.2, -0.15) is 11.8 Å². The molecule has 0 aliphatic heterocycles. The quantitative estimate of drug-likeness (QED) is 0.848. The van der Waals surface area contributed by atoms with Crippen molar-refractivity contribution in [1.82, 2.24) is 5.32 Å². The van der Waals surface area contributed by atoms with Gasteiger partial charge in [0.15, 0.2) is 0 Å². The number of aryl methyl sites for hydroxylation is 1. The highest BCUT2D eigenvalue weighted by atomic mass is 79.9. The van der Waals surface area contributed by atoms with E-state index in [9.17, 15) is 0 Å². The molecule has 1 aromatic heterocycles. The van der Waals surface area contributed by atoms with Crippen LogP contribution in [0.2, 0.25) is 0 Å². The number of fused-ring (bicyclic) bond motifs is 1. The zero-order valence-corrected chi connectivity index (χ0v) is 12.1. The minimum atomic E-state index is 0.600. The number of halogens is 1. The average Bonchev–Trinajstić information content (AvgIpc) is 2.59. The van der Waals surface area contributed by atoms with Crippen molar-refractivity contribution in [3.05, 3.63) is 20.3 Å². The summed E-state index contributed by atoms with van der Waals surface area (Å²) in [6, 6.07) is 2.90. The average molecular weight is 306 g/mol. The third kappa shape index (κ3) is 2.99. The number of hydrogen-bond donors (Lipinski definition) is 1. The van der Waals surface area contributed by atoms with E-state index in [2.05, 4.69) is 33.6 Å². The van der Waals surface area contributed by atoms with Crippen LogP contribution >= 0.6 is 39.0 Å². The molecule has 0 fully saturated rings. The summed E-state index contributed by atoms with van der Waals surface area (Å²) in [6.07, 6.45) is 6.06. The van der Waals surface area contributed by atoms with Crippen LogP contribution in [0.3, 0.4) is 0 Å². The normalized spacial score (nSPS) is 20.3. The van der Waals surface area contributed by atoms with Gasteiger partial charge >= 0.3 is 0 Å². The van der Waals surface area contributed by atoms with E-state index in [1.807, 2.05) is 23.1 Å². The van der Waals surface area contributed by atoms with Crippen LogP contribution in [0.25, 0.3) is 0 Å². The Kier molecular flexibility index (Phi) is 4.55. The Morgan fingerprint density at radius 1 is 1.67 bits per heavy atom. The molecule has 1 aliphatic rings. The number of nitrogens with one attached hydrogen (secondary N) is 1. The van der Waals surface area contributed by atoms with Crippen molar-refractivity contribution in [2.24, 2.45) is 0 Å². The largest absolute Gasteiger partial charge is 0.309 e. The molecule has 2 rings (SSSR count). The summed E-state index contributed by atoms with van der Waals surface area (Å²) >= 11 is 7.40. The minimum absolute atomic E-state index is 0.600. The molecule has 15 heavy (non-hydrogen) atoms. The van der Waals surface area contributed by atoms with Crippen LogP contribution in [-0.2, 0) is 6.42 Å². The molecular formula is C11H16BrNS2. The molecule has 0 radical (unpaired) electrons. The Balaban J connectivity index is 2.01. The van der Waals surface area contributed by atoms with Gasteiger partial charge in [-0.3, -0.25) is 0 Å². The van der Waals surface area contributed by atoms with Crippen molar-refractivity contribution in [2.45, 2.75) is 25.3 Å². The summed E-state index contributed by atoms with van der Waals surface area (Å²) in [5, 5.41) is 3.66. The Bertz CT molecular complexity index is 324. The van der Waals surface area contributed by atoms with Crippen LogP contribution in [0.4, 0.5) is 0 Å². The van der Waals surface area contributed by atoms with Gasteiger partial charge in [-0.15, -0.1) is 11.3 Å². The molecule has 1 aromatic rings. The molecule has 1 aliphatic carbocycles. The predicted molar refractivity (Wildman–Crippen MR) is 74.1 cm³/mol. The van der Waals surface area contributed by atoms with E-state index in [0.717, 1.165) is 6.54 Å². The molecule has 1 unspecified atom stereocenters. The third-order valence-corrected chi connectivity index (χ3v) is 5.11. The van der Waals surface area contributed by atoms with Gasteiger partial charge in [0, 0.05) is 23.2 Å². The van der Waals surface area contributed by atoms with E-state index in [4.69, 9.17) is 0 Å². The van der Waals surface area contributed by atoms with Gasteiger partial charge < -0.3 is 5.32 Å². The molecule has 0 saturated heterocycles. The molecule has 0 bridgehead atoms. The van der Waals surface area contributed by atoms with Crippen LogP contribution in [0.15, 0.2) is 9.85 Å². The fourth-order valence-corrected chi connectivity index (χ4v) is 4.21. The van der Waals surface area contributed by atoms with E-state index < -0.39 is 0 Å². The molecule has 1 heterocycles. The fourth-order valence-electron chi connectivity index (χ4n) is 2.07. The second kappa shape index (κ2) is 5.71. The van der Waals surface area contributed by atoms with Crippen LogP contribution in [0.5, 0.6) is 0 Å². The van der Waals surface area contributed by atoms with Gasteiger partial charge in [0.1, 0.15) is 0 Å². The lowest BCUT2D eigenvalue weighted by Crippen LogP contribution is -2.26. The number of rotatable bonds is 4.